The van der Waals surface area contributed by atoms with Gasteiger partial charge in [-0.3, -0.25) is 4.79 Å². The van der Waals surface area contributed by atoms with E-state index in [-0.39, 0.29) is 18.6 Å². The number of amides is 1. The van der Waals surface area contributed by atoms with Gasteiger partial charge in [0.25, 0.3) is 5.91 Å². The van der Waals surface area contributed by atoms with Gasteiger partial charge in [0, 0.05) is 11.7 Å². The Morgan fingerprint density at radius 1 is 1.38 bits per heavy atom. The van der Waals surface area contributed by atoms with Crippen molar-refractivity contribution < 1.29 is 9.53 Å². The molecule has 1 aliphatic rings. The molecule has 1 saturated carbocycles. The number of rotatable bonds is 4. The van der Waals surface area contributed by atoms with Crippen molar-refractivity contribution in [2.45, 2.75) is 46.1 Å². The van der Waals surface area contributed by atoms with Crippen LogP contribution in [0.1, 0.15) is 38.7 Å². The molecule has 3 atom stereocenters. The maximum Gasteiger partial charge on any atom is 0.258 e. The molecule has 21 heavy (non-hydrogen) atoms. The van der Waals surface area contributed by atoms with E-state index in [2.05, 4.69) is 19.2 Å². The summed E-state index contributed by atoms with van der Waals surface area (Å²) in [6.07, 6.45) is 3.52. The average molecular weight is 290 g/mol. The number of hydrogen-bond donors (Lipinski definition) is 2. The van der Waals surface area contributed by atoms with Gasteiger partial charge in [-0.15, -0.1) is 0 Å². The van der Waals surface area contributed by atoms with Crippen LogP contribution in [-0.2, 0) is 4.79 Å². The lowest BCUT2D eigenvalue weighted by molar-refractivity contribution is -0.124. The highest BCUT2D eigenvalue weighted by molar-refractivity contribution is 5.78. The highest BCUT2D eigenvalue weighted by Crippen LogP contribution is 2.29. The van der Waals surface area contributed by atoms with Gasteiger partial charge < -0.3 is 15.8 Å². The van der Waals surface area contributed by atoms with E-state index in [1.54, 1.807) is 6.07 Å². The number of benzene rings is 1. The third-order valence-corrected chi connectivity index (χ3v) is 4.61. The van der Waals surface area contributed by atoms with Crippen LogP contribution in [0, 0.1) is 18.8 Å². The molecule has 3 N–H and O–H groups in total. The predicted octanol–water partition coefficient (Wildman–Crippen LogP) is 2.90. The first-order valence-corrected chi connectivity index (χ1v) is 7.75. The van der Waals surface area contributed by atoms with Crippen LogP contribution >= 0.6 is 0 Å². The highest BCUT2D eigenvalue weighted by atomic mass is 16.5. The minimum Gasteiger partial charge on any atom is -0.484 e. The van der Waals surface area contributed by atoms with E-state index in [0.717, 1.165) is 12.0 Å². The van der Waals surface area contributed by atoms with Crippen molar-refractivity contribution in [1.82, 2.24) is 5.32 Å². The van der Waals surface area contributed by atoms with Crippen molar-refractivity contribution in [2.75, 3.05) is 12.3 Å². The van der Waals surface area contributed by atoms with Crippen LogP contribution in [0.2, 0.25) is 0 Å². The first kappa shape index (κ1) is 15.7. The Morgan fingerprint density at radius 3 is 2.86 bits per heavy atom. The topological polar surface area (TPSA) is 64.3 Å². The fraction of sp³-hybridized carbons (Fsp3) is 0.588. The smallest absolute Gasteiger partial charge is 0.258 e. The van der Waals surface area contributed by atoms with E-state index < -0.39 is 0 Å². The molecule has 0 spiro atoms. The first-order chi connectivity index (χ1) is 9.97. The van der Waals surface area contributed by atoms with Gasteiger partial charge >= 0.3 is 0 Å². The fourth-order valence-electron chi connectivity index (χ4n) is 3.01. The Morgan fingerprint density at radius 2 is 2.14 bits per heavy atom. The molecule has 0 heterocycles. The van der Waals surface area contributed by atoms with Gasteiger partial charge in [-0.25, -0.2) is 0 Å². The second kappa shape index (κ2) is 6.83. The van der Waals surface area contributed by atoms with E-state index in [0.29, 0.717) is 23.3 Å². The number of carbonyl (C=O) groups excluding carboxylic acids is 1. The third kappa shape index (κ3) is 4.13. The number of nitrogens with two attached hydrogens (primary N) is 1. The summed E-state index contributed by atoms with van der Waals surface area (Å²) >= 11 is 0. The molecule has 0 radical (unpaired) electrons. The number of nitrogen functional groups attached to an aromatic ring is 1. The van der Waals surface area contributed by atoms with E-state index in [4.69, 9.17) is 10.5 Å². The van der Waals surface area contributed by atoms with E-state index in [1.165, 1.54) is 12.8 Å². The lowest BCUT2D eigenvalue weighted by atomic mass is 9.78. The number of ether oxygens (including phenoxy) is 1. The van der Waals surface area contributed by atoms with Crippen LogP contribution in [0.25, 0.3) is 0 Å². The maximum atomic E-state index is 12.1. The molecule has 0 saturated heterocycles. The van der Waals surface area contributed by atoms with E-state index >= 15 is 0 Å². The Bertz CT molecular complexity index is 502. The van der Waals surface area contributed by atoms with Crippen molar-refractivity contribution in [3.63, 3.8) is 0 Å². The standard InChI is InChI=1S/C17H26N2O2/c1-11-5-4-6-15(13(11)3)19-17(20)10-21-16-8-7-14(18)9-12(16)2/h7-9,11,13,15H,4-6,10,18H2,1-3H3,(H,19,20). The van der Waals surface area contributed by atoms with Crippen molar-refractivity contribution in [3.05, 3.63) is 23.8 Å². The zero-order valence-corrected chi connectivity index (χ0v) is 13.2. The van der Waals surface area contributed by atoms with Gasteiger partial charge in [0.05, 0.1) is 0 Å². The minimum atomic E-state index is -0.0443. The maximum absolute atomic E-state index is 12.1. The molecule has 1 aliphatic carbocycles. The van der Waals surface area contributed by atoms with Gasteiger partial charge in [-0.2, -0.15) is 0 Å². The van der Waals surface area contributed by atoms with Crippen LogP contribution in [-0.4, -0.2) is 18.6 Å². The van der Waals surface area contributed by atoms with Crippen LogP contribution in [0.15, 0.2) is 18.2 Å². The molecule has 1 aromatic carbocycles. The van der Waals surface area contributed by atoms with Gasteiger partial charge in [-0.1, -0.05) is 26.7 Å². The zero-order chi connectivity index (χ0) is 15.4. The number of nitrogens with one attached hydrogen (secondary N) is 1. The second-order valence-electron chi connectivity index (χ2n) is 6.25. The van der Waals surface area contributed by atoms with Gasteiger partial charge in [0.15, 0.2) is 6.61 Å². The number of carbonyl (C=O) groups is 1. The normalized spacial score (nSPS) is 25.4. The summed E-state index contributed by atoms with van der Waals surface area (Å²) in [4.78, 5) is 12.1. The molecule has 116 valence electrons. The minimum absolute atomic E-state index is 0.0443. The summed E-state index contributed by atoms with van der Waals surface area (Å²) in [7, 11) is 0. The van der Waals surface area contributed by atoms with Gasteiger partial charge in [0.1, 0.15) is 5.75 Å². The molecule has 0 aliphatic heterocycles. The highest BCUT2D eigenvalue weighted by Gasteiger charge is 2.28. The lowest BCUT2D eigenvalue weighted by Gasteiger charge is -2.34. The quantitative estimate of drug-likeness (QED) is 0.838. The Kier molecular flexibility index (Phi) is 5.10. The fourth-order valence-corrected chi connectivity index (χ4v) is 3.01. The monoisotopic (exact) mass is 290 g/mol. The molecule has 0 aromatic heterocycles. The molecule has 1 fully saturated rings. The molecule has 2 rings (SSSR count). The SMILES string of the molecule is Cc1cc(N)ccc1OCC(=O)NC1CCCC(C)C1C. The first-order valence-electron chi connectivity index (χ1n) is 7.75. The largest absolute Gasteiger partial charge is 0.484 e. The molecule has 1 amide bonds. The predicted molar refractivity (Wildman–Crippen MR) is 85.2 cm³/mol. The molecule has 0 bridgehead atoms. The summed E-state index contributed by atoms with van der Waals surface area (Å²) in [6, 6.07) is 5.71. The van der Waals surface area contributed by atoms with E-state index in [1.807, 2.05) is 19.1 Å². The van der Waals surface area contributed by atoms with Gasteiger partial charge in [0.2, 0.25) is 0 Å². The van der Waals surface area contributed by atoms with Crippen LogP contribution in [0.4, 0.5) is 5.69 Å². The van der Waals surface area contributed by atoms with Crippen molar-refractivity contribution in [1.29, 1.82) is 0 Å². The molecular formula is C17H26N2O2. The molecule has 4 nitrogen and oxygen atoms in total. The molecule has 3 unspecified atom stereocenters. The summed E-state index contributed by atoms with van der Waals surface area (Å²) in [6.45, 7) is 6.47. The number of aryl methyl sites for hydroxylation is 1. The zero-order valence-electron chi connectivity index (χ0n) is 13.2. The third-order valence-electron chi connectivity index (χ3n) is 4.61. The summed E-state index contributed by atoms with van der Waals surface area (Å²) < 4.78 is 5.59. The van der Waals surface area contributed by atoms with Gasteiger partial charge in [-0.05, 0) is 48.9 Å². The van der Waals surface area contributed by atoms with Crippen LogP contribution < -0.4 is 15.8 Å². The Hall–Kier alpha value is -1.71. The lowest BCUT2D eigenvalue weighted by Crippen LogP contribution is -2.45. The second-order valence-corrected chi connectivity index (χ2v) is 6.25. The molecule has 1 aromatic rings. The number of hydrogen-bond acceptors (Lipinski definition) is 3. The van der Waals surface area contributed by atoms with Crippen molar-refractivity contribution in [2.24, 2.45) is 11.8 Å². The Balaban J connectivity index is 1.84. The molecule has 4 heteroatoms. The molecular weight excluding hydrogens is 264 g/mol. The van der Waals surface area contributed by atoms with Crippen molar-refractivity contribution >= 4 is 11.6 Å². The summed E-state index contributed by atoms with van der Waals surface area (Å²) in [5, 5.41) is 3.11. The van der Waals surface area contributed by atoms with Crippen LogP contribution in [0.5, 0.6) is 5.75 Å². The number of anilines is 1. The van der Waals surface area contributed by atoms with Crippen LogP contribution in [0.3, 0.4) is 0 Å². The van der Waals surface area contributed by atoms with E-state index in [9.17, 15) is 4.79 Å². The summed E-state index contributed by atoms with van der Waals surface area (Å²) in [5.74, 6) is 1.87. The summed E-state index contributed by atoms with van der Waals surface area (Å²) in [5.41, 5.74) is 7.35. The Labute approximate surface area is 127 Å². The van der Waals surface area contributed by atoms with Crippen molar-refractivity contribution in [3.8, 4) is 5.75 Å². The average Bonchev–Trinajstić information content (AvgIpc) is 2.43.